The van der Waals surface area contributed by atoms with E-state index in [9.17, 15) is 4.79 Å². The van der Waals surface area contributed by atoms with Gasteiger partial charge in [0.25, 0.3) is 0 Å². The lowest BCUT2D eigenvalue weighted by Crippen LogP contribution is -2.09. The fourth-order valence-corrected chi connectivity index (χ4v) is 1.73. The van der Waals surface area contributed by atoms with Crippen LogP contribution in [0.1, 0.15) is 28.9 Å². The minimum Gasteiger partial charge on any atom is -0.454 e. The van der Waals surface area contributed by atoms with Gasteiger partial charge in [-0.25, -0.2) is 4.79 Å². The molecule has 0 N–H and O–H groups in total. The van der Waals surface area contributed by atoms with Crippen molar-refractivity contribution < 1.29 is 9.53 Å². The zero-order valence-corrected chi connectivity index (χ0v) is 10.7. The van der Waals surface area contributed by atoms with E-state index < -0.39 is 0 Å². The molecule has 0 amide bonds. The Morgan fingerprint density at radius 2 is 1.67 bits per heavy atom. The zero-order valence-electron chi connectivity index (χ0n) is 9.97. The van der Waals surface area contributed by atoms with Crippen LogP contribution in [0.25, 0.3) is 0 Å². The maximum absolute atomic E-state index is 11.9. The Balaban J connectivity index is 2.06. The highest BCUT2D eigenvalue weighted by atomic mass is 35.5. The number of esters is 1. The second kappa shape index (κ2) is 5.69. The van der Waals surface area contributed by atoms with E-state index >= 15 is 0 Å². The van der Waals surface area contributed by atoms with Crippen molar-refractivity contribution in [2.75, 3.05) is 0 Å². The van der Waals surface area contributed by atoms with Gasteiger partial charge in [0.2, 0.25) is 0 Å². The molecule has 0 unspecified atom stereocenters. The molecule has 0 aliphatic carbocycles. The van der Waals surface area contributed by atoms with Gasteiger partial charge in [0.1, 0.15) is 6.10 Å². The molecule has 0 bridgehead atoms. The number of benzene rings is 2. The van der Waals surface area contributed by atoms with Gasteiger partial charge in [0.15, 0.2) is 0 Å². The maximum Gasteiger partial charge on any atom is 0.338 e. The first kappa shape index (κ1) is 12.7. The van der Waals surface area contributed by atoms with Crippen LogP contribution in [0, 0.1) is 0 Å². The molecule has 0 aromatic heterocycles. The molecule has 0 aliphatic heterocycles. The van der Waals surface area contributed by atoms with Gasteiger partial charge in [-0.3, -0.25) is 0 Å². The molecular formula is C15H13ClO2. The van der Waals surface area contributed by atoms with E-state index in [2.05, 4.69) is 0 Å². The number of rotatable bonds is 3. The predicted octanol–water partition coefficient (Wildman–Crippen LogP) is 4.26. The van der Waals surface area contributed by atoms with Crippen LogP contribution in [0.3, 0.4) is 0 Å². The van der Waals surface area contributed by atoms with Gasteiger partial charge >= 0.3 is 5.97 Å². The maximum atomic E-state index is 11.9. The number of halogens is 1. The molecule has 0 aliphatic rings. The van der Waals surface area contributed by atoms with E-state index in [1.807, 2.05) is 37.3 Å². The first-order chi connectivity index (χ1) is 8.66. The molecule has 0 saturated heterocycles. The van der Waals surface area contributed by atoms with Gasteiger partial charge in [0.05, 0.1) is 5.56 Å². The topological polar surface area (TPSA) is 26.3 Å². The summed E-state index contributed by atoms with van der Waals surface area (Å²) >= 11 is 5.77. The quantitative estimate of drug-likeness (QED) is 0.771. The molecule has 18 heavy (non-hydrogen) atoms. The van der Waals surface area contributed by atoms with E-state index in [0.29, 0.717) is 10.6 Å². The summed E-state index contributed by atoms with van der Waals surface area (Å²) in [5, 5.41) is 0.600. The Morgan fingerprint density at radius 1 is 1.06 bits per heavy atom. The molecule has 2 rings (SSSR count). The van der Waals surface area contributed by atoms with Crippen molar-refractivity contribution in [3.05, 3.63) is 70.7 Å². The van der Waals surface area contributed by atoms with Crippen molar-refractivity contribution in [3.63, 3.8) is 0 Å². The monoisotopic (exact) mass is 260 g/mol. The summed E-state index contributed by atoms with van der Waals surface area (Å²) in [6.07, 6.45) is -0.269. The molecule has 1 atom stereocenters. The lowest BCUT2D eigenvalue weighted by Gasteiger charge is -2.13. The molecule has 2 aromatic carbocycles. The third-order valence-electron chi connectivity index (χ3n) is 2.63. The summed E-state index contributed by atoms with van der Waals surface area (Å²) < 4.78 is 5.38. The Labute approximate surface area is 111 Å². The predicted molar refractivity (Wildman–Crippen MR) is 71.7 cm³/mol. The van der Waals surface area contributed by atoms with Crippen LogP contribution >= 0.6 is 11.6 Å². The lowest BCUT2D eigenvalue weighted by molar-refractivity contribution is 0.0338. The molecule has 0 spiro atoms. The summed E-state index contributed by atoms with van der Waals surface area (Å²) in [4.78, 5) is 11.9. The summed E-state index contributed by atoms with van der Waals surface area (Å²) in [5.74, 6) is -0.344. The van der Waals surface area contributed by atoms with Crippen molar-refractivity contribution in [1.82, 2.24) is 0 Å². The highest BCUT2D eigenvalue weighted by Gasteiger charge is 2.13. The standard InChI is InChI=1S/C15H13ClO2/c1-11(12-5-3-2-4-6-12)18-15(17)13-7-9-14(16)10-8-13/h2-11H,1H3/t11-/m0/s1. The highest BCUT2D eigenvalue weighted by Crippen LogP contribution is 2.18. The van der Waals surface area contributed by atoms with E-state index in [1.54, 1.807) is 24.3 Å². The van der Waals surface area contributed by atoms with E-state index in [-0.39, 0.29) is 12.1 Å². The second-order valence-electron chi connectivity index (χ2n) is 3.97. The van der Waals surface area contributed by atoms with Crippen LogP contribution in [-0.4, -0.2) is 5.97 Å². The molecule has 0 saturated carbocycles. The average Bonchev–Trinajstić information content (AvgIpc) is 2.40. The van der Waals surface area contributed by atoms with Gasteiger partial charge in [-0.2, -0.15) is 0 Å². The molecule has 2 nitrogen and oxygen atoms in total. The first-order valence-electron chi connectivity index (χ1n) is 5.68. The lowest BCUT2D eigenvalue weighted by atomic mass is 10.1. The largest absolute Gasteiger partial charge is 0.454 e. The number of hydrogen-bond donors (Lipinski definition) is 0. The normalized spacial score (nSPS) is 11.9. The summed E-state index contributed by atoms with van der Waals surface area (Å²) in [6.45, 7) is 1.85. The Kier molecular flexibility index (Phi) is 4.00. The Bertz CT molecular complexity index is 520. The molecule has 2 aromatic rings. The van der Waals surface area contributed by atoms with E-state index in [1.165, 1.54) is 0 Å². The third kappa shape index (κ3) is 3.11. The van der Waals surface area contributed by atoms with Gasteiger partial charge in [0, 0.05) is 5.02 Å². The summed E-state index contributed by atoms with van der Waals surface area (Å²) in [5.41, 5.74) is 1.47. The van der Waals surface area contributed by atoms with Crippen LogP contribution < -0.4 is 0 Å². The van der Waals surface area contributed by atoms with Crippen molar-refractivity contribution in [2.45, 2.75) is 13.0 Å². The van der Waals surface area contributed by atoms with Crippen LogP contribution in [0.15, 0.2) is 54.6 Å². The molecule has 92 valence electrons. The smallest absolute Gasteiger partial charge is 0.338 e. The average molecular weight is 261 g/mol. The Morgan fingerprint density at radius 3 is 2.28 bits per heavy atom. The summed E-state index contributed by atoms with van der Waals surface area (Å²) in [6, 6.07) is 16.3. The number of hydrogen-bond acceptors (Lipinski definition) is 2. The van der Waals surface area contributed by atoms with Gasteiger partial charge < -0.3 is 4.74 Å². The SMILES string of the molecule is C[C@H](OC(=O)c1ccc(Cl)cc1)c1ccccc1. The minimum absolute atomic E-state index is 0.269. The first-order valence-corrected chi connectivity index (χ1v) is 6.06. The highest BCUT2D eigenvalue weighted by molar-refractivity contribution is 6.30. The zero-order chi connectivity index (χ0) is 13.0. The van der Waals surface area contributed by atoms with Crippen molar-refractivity contribution >= 4 is 17.6 Å². The molecule has 0 radical (unpaired) electrons. The van der Waals surface area contributed by atoms with E-state index in [0.717, 1.165) is 5.56 Å². The Hall–Kier alpha value is -1.80. The molecule has 3 heteroatoms. The van der Waals surface area contributed by atoms with Crippen molar-refractivity contribution in [1.29, 1.82) is 0 Å². The van der Waals surface area contributed by atoms with Crippen LogP contribution in [-0.2, 0) is 4.74 Å². The molecule has 0 fully saturated rings. The fraction of sp³-hybridized carbons (Fsp3) is 0.133. The van der Waals surface area contributed by atoms with Crippen LogP contribution in [0.5, 0.6) is 0 Å². The fourth-order valence-electron chi connectivity index (χ4n) is 1.61. The molecule has 0 heterocycles. The van der Waals surface area contributed by atoms with Gasteiger partial charge in [-0.1, -0.05) is 41.9 Å². The number of carbonyl (C=O) groups is 1. The third-order valence-corrected chi connectivity index (χ3v) is 2.88. The molecular weight excluding hydrogens is 248 g/mol. The minimum atomic E-state index is -0.344. The van der Waals surface area contributed by atoms with Crippen molar-refractivity contribution in [2.24, 2.45) is 0 Å². The van der Waals surface area contributed by atoms with Crippen molar-refractivity contribution in [3.8, 4) is 0 Å². The second-order valence-corrected chi connectivity index (χ2v) is 4.40. The van der Waals surface area contributed by atoms with Gasteiger partial charge in [-0.05, 0) is 36.8 Å². The number of ether oxygens (including phenoxy) is 1. The van der Waals surface area contributed by atoms with Gasteiger partial charge in [-0.15, -0.1) is 0 Å². The van der Waals surface area contributed by atoms with E-state index in [4.69, 9.17) is 16.3 Å². The number of carbonyl (C=O) groups excluding carboxylic acids is 1. The summed E-state index contributed by atoms with van der Waals surface area (Å²) in [7, 11) is 0. The van der Waals surface area contributed by atoms with Crippen LogP contribution in [0.4, 0.5) is 0 Å². The van der Waals surface area contributed by atoms with Crippen LogP contribution in [0.2, 0.25) is 5.02 Å².